The molecule has 0 unspecified atom stereocenters. The van der Waals surface area contributed by atoms with Gasteiger partial charge in [0.15, 0.2) is 0 Å². The van der Waals surface area contributed by atoms with Crippen LogP contribution >= 0.6 is 0 Å². The van der Waals surface area contributed by atoms with Gasteiger partial charge in [-0.2, -0.15) is 0 Å². The SMILES string of the molecule is CCCn1c(C[N]C(=O)CCCc2cc(F)ccc2F)nc2cc(CNCC)ccc21. The first-order chi connectivity index (χ1) is 15.0. The van der Waals surface area contributed by atoms with E-state index in [4.69, 9.17) is 4.98 Å². The van der Waals surface area contributed by atoms with Gasteiger partial charge in [0.25, 0.3) is 0 Å². The Hall–Kier alpha value is -2.80. The maximum Gasteiger partial charge on any atom is 0.241 e. The van der Waals surface area contributed by atoms with Crippen molar-refractivity contribution >= 4 is 16.9 Å². The van der Waals surface area contributed by atoms with Gasteiger partial charge in [-0.05, 0) is 67.3 Å². The Kier molecular flexibility index (Phi) is 8.12. The van der Waals surface area contributed by atoms with Crippen LogP contribution in [0.3, 0.4) is 0 Å². The van der Waals surface area contributed by atoms with E-state index in [-0.39, 0.29) is 24.4 Å². The second kappa shape index (κ2) is 11.0. The van der Waals surface area contributed by atoms with Crippen LogP contribution in [-0.2, 0) is 30.8 Å². The summed E-state index contributed by atoms with van der Waals surface area (Å²) in [6, 6.07) is 9.61. The van der Waals surface area contributed by atoms with Crippen LogP contribution in [0.2, 0.25) is 0 Å². The van der Waals surface area contributed by atoms with Gasteiger partial charge in [-0.1, -0.05) is 19.9 Å². The fourth-order valence-corrected chi connectivity index (χ4v) is 3.60. The van der Waals surface area contributed by atoms with E-state index in [1.807, 2.05) is 0 Å². The topological polar surface area (TPSA) is 61.0 Å². The zero-order valence-corrected chi connectivity index (χ0v) is 18.1. The number of imidazole rings is 1. The van der Waals surface area contributed by atoms with Crippen molar-refractivity contribution in [1.82, 2.24) is 20.2 Å². The predicted molar refractivity (Wildman–Crippen MR) is 118 cm³/mol. The molecule has 0 aliphatic heterocycles. The summed E-state index contributed by atoms with van der Waals surface area (Å²) in [4.78, 5) is 17.0. The monoisotopic (exact) mass is 427 g/mol. The Bertz CT molecular complexity index is 1030. The van der Waals surface area contributed by atoms with E-state index < -0.39 is 11.6 Å². The first-order valence-electron chi connectivity index (χ1n) is 10.8. The standard InChI is InChI=1S/C24H29F2N4O/c1-3-12-30-22-11-8-17(15-27-4-2)13-21(22)29-23(30)16-28-24(31)7-5-6-18-14-19(25)9-10-20(18)26/h8-11,13-14,27H,3-7,12,15-16H2,1-2H3. The molecule has 0 aliphatic carbocycles. The van der Waals surface area contributed by atoms with Crippen molar-refractivity contribution in [3.8, 4) is 0 Å². The number of halogens is 2. The number of carbonyl (C=O) groups excluding carboxylic acids is 1. The predicted octanol–water partition coefficient (Wildman–Crippen LogP) is 4.49. The van der Waals surface area contributed by atoms with Crippen LogP contribution in [0.1, 0.15) is 50.1 Å². The molecule has 1 heterocycles. The first-order valence-corrected chi connectivity index (χ1v) is 10.8. The van der Waals surface area contributed by atoms with Crippen LogP contribution in [-0.4, -0.2) is 22.0 Å². The molecule has 3 rings (SSSR count). The second-order valence-corrected chi connectivity index (χ2v) is 7.58. The normalized spacial score (nSPS) is 11.2. The summed E-state index contributed by atoms with van der Waals surface area (Å²) >= 11 is 0. The number of fused-ring (bicyclic) bond motifs is 1. The highest BCUT2D eigenvalue weighted by Gasteiger charge is 2.13. The molecule has 0 atom stereocenters. The van der Waals surface area contributed by atoms with E-state index in [1.165, 1.54) is 11.6 Å². The lowest BCUT2D eigenvalue weighted by Gasteiger charge is -2.08. The molecule has 7 heteroatoms. The van der Waals surface area contributed by atoms with E-state index in [2.05, 4.69) is 47.2 Å². The summed E-state index contributed by atoms with van der Waals surface area (Å²) in [5.74, 6) is -0.412. The van der Waals surface area contributed by atoms with Gasteiger partial charge < -0.3 is 9.88 Å². The van der Waals surface area contributed by atoms with E-state index in [0.717, 1.165) is 55.0 Å². The third-order valence-electron chi connectivity index (χ3n) is 5.16. The average Bonchev–Trinajstić information content (AvgIpc) is 3.10. The molecule has 3 aromatic rings. The highest BCUT2D eigenvalue weighted by Crippen LogP contribution is 2.19. The van der Waals surface area contributed by atoms with Gasteiger partial charge >= 0.3 is 0 Å². The summed E-state index contributed by atoms with van der Waals surface area (Å²) in [5, 5.41) is 7.49. The Balaban J connectivity index is 1.60. The molecule has 31 heavy (non-hydrogen) atoms. The summed E-state index contributed by atoms with van der Waals surface area (Å²) in [6.45, 7) is 6.88. The molecule has 0 saturated carbocycles. The van der Waals surface area contributed by atoms with Crippen molar-refractivity contribution in [2.45, 2.75) is 59.2 Å². The maximum absolute atomic E-state index is 13.7. The Labute approximate surface area is 181 Å². The smallest absolute Gasteiger partial charge is 0.241 e. The molecule has 0 bridgehead atoms. The molecule has 1 aromatic heterocycles. The molecule has 1 N–H and O–H groups in total. The average molecular weight is 428 g/mol. The van der Waals surface area contributed by atoms with Gasteiger partial charge in [-0.15, -0.1) is 0 Å². The number of hydrogen-bond donors (Lipinski definition) is 1. The Morgan fingerprint density at radius 1 is 1.16 bits per heavy atom. The zero-order valence-electron chi connectivity index (χ0n) is 18.1. The van der Waals surface area contributed by atoms with Crippen molar-refractivity contribution < 1.29 is 13.6 Å². The third-order valence-corrected chi connectivity index (χ3v) is 5.16. The molecule has 165 valence electrons. The molecule has 0 fully saturated rings. The number of carbonyl (C=O) groups is 1. The van der Waals surface area contributed by atoms with E-state index in [0.29, 0.717) is 12.8 Å². The fraction of sp³-hybridized carbons (Fsp3) is 0.417. The minimum absolute atomic E-state index is 0.191. The second-order valence-electron chi connectivity index (χ2n) is 7.58. The quantitative estimate of drug-likeness (QED) is 0.491. The summed E-state index contributed by atoms with van der Waals surface area (Å²) in [7, 11) is 0. The van der Waals surface area contributed by atoms with Crippen LogP contribution in [0, 0.1) is 11.6 Å². The molecule has 1 amide bonds. The van der Waals surface area contributed by atoms with Crippen molar-refractivity contribution in [2.75, 3.05) is 6.54 Å². The van der Waals surface area contributed by atoms with Crippen LogP contribution in [0.15, 0.2) is 36.4 Å². The number of amides is 1. The van der Waals surface area contributed by atoms with Gasteiger partial charge in [0, 0.05) is 19.5 Å². The minimum Gasteiger partial charge on any atom is -0.326 e. The number of rotatable bonds is 11. The van der Waals surface area contributed by atoms with Crippen LogP contribution in [0.25, 0.3) is 11.0 Å². The van der Waals surface area contributed by atoms with Gasteiger partial charge in [0.2, 0.25) is 5.91 Å². The lowest BCUT2D eigenvalue weighted by atomic mass is 10.1. The molecule has 2 aromatic carbocycles. The summed E-state index contributed by atoms with van der Waals surface area (Å²) in [5.41, 5.74) is 3.40. The van der Waals surface area contributed by atoms with Crippen molar-refractivity contribution in [2.24, 2.45) is 0 Å². The van der Waals surface area contributed by atoms with Crippen LogP contribution in [0.4, 0.5) is 8.78 Å². The molecule has 0 aliphatic rings. The molecule has 1 radical (unpaired) electrons. The van der Waals surface area contributed by atoms with Gasteiger partial charge in [-0.25, -0.2) is 19.1 Å². The van der Waals surface area contributed by atoms with Gasteiger partial charge in [0.05, 0.1) is 11.0 Å². The largest absolute Gasteiger partial charge is 0.326 e. The zero-order chi connectivity index (χ0) is 22.2. The molecule has 5 nitrogen and oxygen atoms in total. The minimum atomic E-state index is -0.476. The summed E-state index contributed by atoms with van der Waals surface area (Å²) < 4.78 is 29.1. The number of nitrogens with zero attached hydrogens (tertiary/aromatic N) is 3. The van der Waals surface area contributed by atoms with Crippen molar-refractivity contribution in [3.63, 3.8) is 0 Å². The summed E-state index contributed by atoms with van der Waals surface area (Å²) in [6.07, 6.45) is 1.86. The highest BCUT2D eigenvalue weighted by atomic mass is 19.1. The number of aryl methyl sites for hydroxylation is 2. The lowest BCUT2D eigenvalue weighted by molar-refractivity contribution is -0.121. The van der Waals surface area contributed by atoms with E-state index >= 15 is 0 Å². The van der Waals surface area contributed by atoms with Gasteiger partial charge in [-0.3, -0.25) is 4.79 Å². The molecule has 0 saturated heterocycles. The highest BCUT2D eigenvalue weighted by molar-refractivity contribution is 5.78. The molecule has 0 spiro atoms. The van der Waals surface area contributed by atoms with Gasteiger partial charge in [0.1, 0.15) is 24.0 Å². The Morgan fingerprint density at radius 2 is 2.00 bits per heavy atom. The molecular formula is C24H29F2N4O. The number of benzene rings is 2. The number of aromatic nitrogens is 2. The van der Waals surface area contributed by atoms with Crippen molar-refractivity contribution in [3.05, 3.63) is 65.0 Å². The number of nitrogens with one attached hydrogen (secondary N) is 1. The van der Waals surface area contributed by atoms with Crippen molar-refractivity contribution in [1.29, 1.82) is 0 Å². The first kappa shape index (κ1) is 22.9. The third kappa shape index (κ3) is 6.10. The van der Waals surface area contributed by atoms with Crippen LogP contribution < -0.4 is 10.6 Å². The number of hydrogen-bond acceptors (Lipinski definition) is 3. The Morgan fingerprint density at radius 3 is 2.77 bits per heavy atom. The fourth-order valence-electron chi connectivity index (χ4n) is 3.60. The van der Waals surface area contributed by atoms with E-state index in [1.54, 1.807) is 0 Å². The molecular weight excluding hydrogens is 398 g/mol. The maximum atomic E-state index is 13.7. The van der Waals surface area contributed by atoms with Crippen LogP contribution in [0.5, 0.6) is 0 Å². The lowest BCUT2D eigenvalue weighted by Crippen LogP contribution is -2.18. The van der Waals surface area contributed by atoms with E-state index in [9.17, 15) is 13.6 Å².